The number of piperidine rings is 1. The van der Waals surface area contributed by atoms with Gasteiger partial charge in [0.2, 0.25) is 5.91 Å². The Kier molecular flexibility index (Phi) is 4.48. The molecule has 2 aromatic rings. The third-order valence-electron chi connectivity index (χ3n) is 6.48. The number of carbonyl (C=O) groups is 1. The number of nitrogens with one attached hydrogen (secondary N) is 1. The van der Waals surface area contributed by atoms with Gasteiger partial charge in [-0.05, 0) is 49.3 Å². The lowest BCUT2D eigenvalue weighted by Crippen LogP contribution is -2.66. The maximum atomic E-state index is 12.2. The van der Waals surface area contributed by atoms with Crippen molar-refractivity contribution in [2.75, 3.05) is 24.6 Å². The van der Waals surface area contributed by atoms with Crippen LogP contribution < -0.4 is 10.2 Å². The van der Waals surface area contributed by atoms with Crippen LogP contribution in [0, 0.1) is 11.3 Å². The number of hydrogen-bond donors (Lipinski definition) is 1. The van der Waals surface area contributed by atoms with Crippen molar-refractivity contribution in [2.45, 2.75) is 43.7 Å². The average Bonchev–Trinajstić information content (AvgIpc) is 2.78. The van der Waals surface area contributed by atoms with Crippen LogP contribution in [0.5, 0.6) is 0 Å². The minimum Gasteiger partial charge on any atom is -0.364 e. The number of amides is 1. The Morgan fingerprint density at radius 2 is 2.07 bits per heavy atom. The Labute approximate surface area is 170 Å². The van der Waals surface area contributed by atoms with E-state index in [-0.39, 0.29) is 18.6 Å². The molecule has 2 fully saturated rings. The van der Waals surface area contributed by atoms with E-state index in [0.29, 0.717) is 25.1 Å². The van der Waals surface area contributed by atoms with Crippen LogP contribution in [-0.2, 0) is 27.9 Å². The largest absolute Gasteiger partial charge is 0.364 e. The number of carbonyl (C=O) groups excluding carboxylic acids is 1. The third-order valence-corrected chi connectivity index (χ3v) is 6.48. The highest BCUT2D eigenvalue weighted by Crippen LogP contribution is 2.39. The van der Waals surface area contributed by atoms with Gasteiger partial charge in [0.25, 0.3) is 0 Å². The third kappa shape index (κ3) is 3.06. The molecule has 3 heterocycles. The van der Waals surface area contributed by atoms with Gasteiger partial charge in [-0.2, -0.15) is 5.26 Å². The van der Waals surface area contributed by atoms with Crippen molar-refractivity contribution in [3.05, 3.63) is 58.8 Å². The topological polar surface area (TPSA) is 78.3 Å². The zero-order valence-electron chi connectivity index (χ0n) is 16.4. The van der Waals surface area contributed by atoms with Gasteiger partial charge in [-0.3, -0.25) is 4.79 Å². The summed E-state index contributed by atoms with van der Waals surface area (Å²) in [5.41, 5.74) is 3.51. The number of morpholine rings is 1. The molecule has 1 aliphatic carbocycles. The molecule has 6 heteroatoms. The summed E-state index contributed by atoms with van der Waals surface area (Å²) in [6.45, 7) is 1.36. The maximum absolute atomic E-state index is 12.2. The Morgan fingerprint density at radius 3 is 2.90 bits per heavy atom. The molecule has 0 saturated carbocycles. The van der Waals surface area contributed by atoms with Crippen molar-refractivity contribution < 1.29 is 9.53 Å². The van der Waals surface area contributed by atoms with Gasteiger partial charge in [0.15, 0.2) is 0 Å². The first-order valence-electron chi connectivity index (χ1n) is 10.4. The standard InChI is InChI=1S/C23H24N4O2/c24-13-17-12-16-6-4-5-9-19(16)25-22(17)27-11-10-23(18-7-2-1-3-8-18)20(14-27)29-15-21(28)26-23/h1-3,7-8,12,20H,4-6,9-11,14-15H2,(H,26,28)/t20-,23+/m1/s1. The van der Waals surface area contributed by atoms with E-state index in [9.17, 15) is 10.1 Å². The van der Waals surface area contributed by atoms with E-state index in [0.717, 1.165) is 42.8 Å². The molecule has 1 N–H and O–H groups in total. The number of aromatic nitrogens is 1. The van der Waals surface area contributed by atoms with Crippen molar-refractivity contribution in [1.29, 1.82) is 5.26 Å². The lowest BCUT2D eigenvalue weighted by Gasteiger charge is -2.50. The van der Waals surface area contributed by atoms with Gasteiger partial charge in [0.1, 0.15) is 24.6 Å². The lowest BCUT2D eigenvalue weighted by molar-refractivity contribution is -0.146. The van der Waals surface area contributed by atoms with E-state index in [1.807, 2.05) is 24.3 Å². The number of fused-ring (bicyclic) bond motifs is 2. The second-order valence-electron chi connectivity index (χ2n) is 8.17. The number of nitrogens with zero attached hydrogens (tertiary/aromatic N) is 3. The van der Waals surface area contributed by atoms with Gasteiger partial charge >= 0.3 is 0 Å². The van der Waals surface area contributed by atoms with Gasteiger partial charge in [-0.25, -0.2) is 4.98 Å². The molecule has 1 aromatic carbocycles. The summed E-state index contributed by atoms with van der Waals surface area (Å²) >= 11 is 0. The molecule has 0 radical (unpaired) electrons. The van der Waals surface area contributed by atoms with Crippen molar-refractivity contribution >= 4 is 11.7 Å². The predicted octanol–water partition coefficient (Wildman–Crippen LogP) is 2.45. The number of ether oxygens (including phenoxy) is 1. The van der Waals surface area contributed by atoms with Crippen molar-refractivity contribution in [3.63, 3.8) is 0 Å². The van der Waals surface area contributed by atoms with Crippen LogP contribution in [0.2, 0.25) is 0 Å². The summed E-state index contributed by atoms with van der Waals surface area (Å²) in [5, 5.41) is 13.0. The summed E-state index contributed by atoms with van der Waals surface area (Å²) in [4.78, 5) is 19.3. The smallest absolute Gasteiger partial charge is 0.246 e. The fourth-order valence-electron chi connectivity index (χ4n) is 5.00. The normalized spacial score (nSPS) is 26.1. The average molecular weight is 388 g/mol. The number of benzene rings is 1. The summed E-state index contributed by atoms with van der Waals surface area (Å²) in [5.74, 6) is 0.679. The second kappa shape index (κ2) is 7.16. The Balaban J connectivity index is 1.49. The van der Waals surface area contributed by atoms with E-state index < -0.39 is 5.54 Å². The number of aryl methyl sites for hydroxylation is 2. The lowest BCUT2D eigenvalue weighted by atomic mass is 9.77. The predicted molar refractivity (Wildman–Crippen MR) is 108 cm³/mol. The molecule has 148 valence electrons. The van der Waals surface area contributed by atoms with Crippen LogP contribution >= 0.6 is 0 Å². The molecular weight excluding hydrogens is 364 g/mol. The number of anilines is 1. The SMILES string of the molecule is N#Cc1cc2c(nc1N1CC[C@@]3(c4ccccc4)NC(=O)CO[C@@H]3C1)CCCC2. The van der Waals surface area contributed by atoms with Gasteiger partial charge < -0.3 is 15.0 Å². The number of rotatable bonds is 2. The number of nitriles is 1. The van der Waals surface area contributed by atoms with Crippen LogP contribution in [-0.4, -0.2) is 36.7 Å². The van der Waals surface area contributed by atoms with Crippen LogP contribution in [0.1, 0.15) is 41.6 Å². The zero-order chi connectivity index (χ0) is 19.8. The fourth-order valence-corrected chi connectivity index (χ4v) is 5.00. The molecule has 0 bridgehead atoms. The fraction of sp³-hybridized carbons (Fsp3) is 0.435. The molecule has 2 atom stereocenters. The first kappa shape index (κ1) is 18.1. The summed E-state index contributed by atoms with van der Waals surface area (Å²) in [6.07, 6.45) is 4.81. The van der Waals surface area contributed by atoms with Gasteiger partial charge in [0, 0.05) is 18.8 Å². The van der Waals surface area contributed by atoms with Crippen LogP contribution in [0.4, 0.5) is 5.82 Å². The van der Waals surface area contributed by atoms with Crippen molar-refractivity contribution in [1.82, 2.24) is 10.3 Å². The highest BCUT2D eigenvalue weighted by atomic mass is 16.5. The first-order valence-corrected chi connectivity index (χ1v) is 10.4. The zero-order valence-corrected chi connectivity index (χ0v) is 16.4. The van der Waals surface area contributed by atoms with E-state index in [1.54, 1.807) is 0 Å². The molecule has 0 unspecified atom stereocenters. The van der Waals surface area contributed by atoms with E-state index in [1.165, 1.54) is 5.56 Å². The summed E-state index contributed by atoms with van der Waals surface area (Å²) in [6, 6.07) is 14.4. The Hall–Kier alpha value is -2.91. The van der Waals surface area contributed by atoms with Gasteiger partial charge in [-0.15, -0.1) is 0 Å². The molecule has 1 aromatic heterocycles. The Morgan fingerprint density at radius 1 is 1.24 bits per heavy atom. The van der Waals surface area contributed by atoms with Crippen LogP contribution in [0.15, 0.2) is 36.4 Å². The highest BCUT2D eigenvalue weighted by Gasteiger charge is 2.49. The van der Waals surface area contributed by atoms with Gasteiger partial charge in [0.05, 0.1) is 11.1 Å². The van der Waals surface area contributed by atoms with Gasteiger partial charge in [-0.1, -0.05) is 30.3 Å². The molecule has 2 saturated heterocycles. The number of hydrogen-bond acceptors (Lipinski definition) is 5. The molecule has 0 spiro atoms. The minimum absolute atomic E-state index is 0.0653. The maximum Gasteiger partial charge on any atom is 0.246 e. The minimum atomic E-state index is -0.534. The van der Waals surface area contributed by atoms with Crippen molar-refractivity contribution in [3.8, 4) is 6.07 Å². The molecule has 5 rings (SSSR count). The van der Waals surface area contributed by atoms with Crippen LogP contribution in [0.3, 0.4) is 0 Å². The molecule has 29 heavy (non-hydrogen) atoms. The quantitative estimate of drug-likeness (QED) is 0.855. The summed E-state index contributed by atoms with van der Waals surface area (Å²) < 4.78 is 6.03. The van der Waals surface area contributed by atoms with E-state index in [2.05, 4.69) is 28.4 Å². The van der Waals surface area contributed by atoms with Crippen molar-refractivity contribution in [2.24, 2.45) is 0 Å². The second-order valence-corrected chi connectivity index (χ2v) is 8.17. The number of pyridine rings is 1. The highest BCUT2D eigenvalue weighted by molar-refractivity contribution is 5.79. The molecule has 3 aliphatic rings. The Bertz CT molecular complexity index is 984. The molecule has 1 amide bonds. The van der Waals surface area contributed by atoms with Crippen LogP contribution in [0.25, 0.3) is 0 Å². The first-order chi connectivity index (χ1) is 14.2. The monoisotopic (exact) mass is 388 g/mol. The molecular formula is C23H24N4O2. The molecule has 6 nitrogen and oxygen atoms in total. The molecule has 2 aliphatic heterocycles. The summed E-state index contributed by atoms with van der Waals surface area (Å²) in [7, 11) is 0. The van der Waals surface area contributed by atoms with E-state index in [4.69, 9.17) is 9.72 Å². The van der Waals surface area contributed by atoms with E-state index >= 15 is 0 Å².